The van der Waals surface area contributed by atoms with Crippen LogP contribution in [0.15, 0.2) is 36.4 Å². The molecule has 6 heteroatoms. The molecule has 0 radical (unpaired) electrons. The Labute approximate surface area is 118 Å². The van der Waals surface area contributed by atoms with Crippen molar-refractivity contribution < 1.29 is 9.18 Å². The highest BCUT2D eigenvalue weighted by Crippen LogP contribution is 2.26. The molecule has 0 aliphatic rings. The van der Waals surface area contributed by atoms with Gasteiger partial charge in [0.15, 0.2) is 0 Å². The van der Waals surface area contributed by atoms with E-state index in [0.29, 0.717) is 16.7 Å². The maximum atomic E-state index is 13.6. The van der Waals surface area contributed by atoms with Gasteiger partial charge in [0.2, 0.25) is 0 Å². The maximum Gasteiger partial charge on any atom is 0.258 e. The summed E-state index contributed by atoms with van der Waals surface area (Å²) in [5.74, 6) is -1.04. The van der Waals surface area contributed by atoms with Gasteiger partial charge in [0, 0.05) is 0 Å². The molecular formula is C14H10FN3OS. The van der Waals surface area contributed by atoms with Gasteiger partial charge in [-0.05, 0) is 30.7 Å². The number of rotatable bonds is 2. The van der Waals surface area contributed by atoms with Crippen molar-refractivity contribution in [2.75, 3.05) is 5.32 Å². The summed E-state index contributed by atoms with van der Waals surface area (Å²) in [6.07, 6.45) is 0. The number of carbonyl (C=O) groups excluding carboxylic acids is 1. The van der Waals surface area contributed by atoms with Crippen LogP contribution in [0.1, 0.15) is 15.9 Å². The minimum Gasteiger partial charge on any atom is -0.320 e. The molecule has 0 aliphatic heterocycles. The number of halogens is 1. The number of aryl methyl sites for hydroxylation is 1. The zero-order valence-electron chi connectivity index (χ0n) is 10.6. The van der Waals surface area contributed by atoms with Crippen molar-refractivity contribution in [1.29, 1.82) is 0 Å². The van der Waals surface area contributed by atoms with E-state index in [1.807, 2.05) is 19.1 Å². The highest BCUT2D eigenvalue weighted by molar-refractivity contribution is 7.00. The Balaban J connectivity index is 2.01. The molecule has 0 aliphatic carbocycles. The highest BCUT2D eigenvalue weighted by Gasteiger charge is 2.15. The van der Waals surface area contributed by atoms with Crippen molar-refractivity contribution >= 4 is 34.4 Å². The van der Waals surface area contributed by atoms with Crippen LogP contribution in [0.4, 0.5) is 10.1 Å². The standard InChI is InChI=1S/C14H10FN3OS/c1-8-6-7-11-13(18-20-17-11)12(8)16-14(19)9-4-2-3-5-10(9)15/h2-7H,1H3,(H,16,19). The van der Waals surface area contributed by atoms with Gasteiger partial charge >= 0.3 is 0 Å². The first-order valence-electron chi connectivity index (χ1n) is 5.94. The molecule has 4 nitrogen and oxygen atoms in total. The topological polar surface area (TPSA) is 54.9 Å². The summed E-state index contributed by atoms with van der Waals surface area (Å²) in [4.78, 5) is 12.2. The molecular weight excluding hydrogens is 277 g/mol. The van der Waals surface area contributed by atoms with Gasteiger partial charge in [-0.3, -0.25) is 4.79 Å². The van der Waals surface area contributed by atoms with E-state index in [4.69, 9.17) is 0 Å². The fourth-order valence-corrected chi connectivity index (χ4v) is 2.48. The molecule has 0 saturated carbocycles. The Morgan fingerprint density at radius 3 is 2.80 bits per heavy atom. The fraction of sp³-hybridized carbons (Fsp3) is 0.0714. The molecule has 2 aromatic carbocycles. The third-order valence-electron chi connectivity index (χ3n) is 2.99. The summed E-state index contributed by atoms with van der Waals surface area (Å²) in [6.45, 7) is 1.86. The van der Waals surface area contributed by atoms with Crippen molar-refractivity contribution in [2.24, 2.45) is 0 Å². The summed E-state index contributed by atoms with van der Waals surface area (Å²) < 4.78 is 21.9. The number of nitrogens with zero attached hydrogens (tertiary/aromatic N) is 2. The Bertz CT molecular complexity index is 800. The second-order valence-electron chi connectivity index (χ2n) is 4.32. The van der Waals surface area contributed by atoms with E-state index in [1.165, 1.54) is 12.1 Å². The third kappa shape index (κ3) is 2.14. The number of benzene rings is 2. The minimum absolute atomic E-state index is 0.00657. The molecule has 3 rings (SSSR count). The van der Waals surface area contributed by atoms with Gasteiger partial charge in [-0.2, -0.15) is 8.75 Å². The summed E-state index contributed by atoms with van der Waals surface area (Å²) >= 11 is 1.08. The van der Waals surface area contributed by atoms with E-state index in [2.05, 4.69) is 14.1 Å². The Hall–Kier alpha value is -2.34. The molecule has 0 fully saturated rings. The lowest BCUT2D eigenvalue weighted by molar-refractivity contribution is 0.102. The molecule has 1 aromatic heterocycles. The molecule has 1 heterocycles. The van der Waals surface area contributed by atoms with Gasteiger partial charge in [0.25, 0.3) is 5.91 Å². The second kappa shape index (κ2) is 4.97. The monoisotopic (exact) mass is 287 g/mol. The molecule has 3 aromatic rings. The molecule has 1 N–H and O–H groups in total. The van der Waals surface area contributed by atoms with E-state index in [9.17, 15) is 9.18 Å². The van der Waals surface area contributed by atoms with Crippen LogP contribution in [0.2, 0.25) is 0 Å². The van der Waals surface area contributed by atoms with Gasteiger partial charge in [-0.15, -0.1) is 0 Å². The molecule has 20 heavy (non-hydrogen) atoms. The van der Waals surface area contributed by atoms with Crippen LogP contribution in [0.25, 0.3) is 11.0 Å². The normalized spacial score (nSPS) is 10.7. The third-order valence-corrected chi connectivity index (χ3v) is 3.54. The zero-order chi connectivity index (χ0) is 14.1. The zero-order valence-corrected chi connectivity index (χ0v) is 11.4. The number of nitrogens with one attached hydrogen (secondary N) is 1. The second-order valence-corrected chi connectivity index (χ2v) is 4.85. The van der Waals surface area contributed by atoms with Crippen LogP contribution in [0.5, 0.6) is 0 Å². The Kier molecular flexibility index (Phi) is 3.15. The maximum absolute atomic E-state index is 13.6. The first-order valence-corrected chi connectivity index (χ1v) is 6.67. The molecule has 1 amide bonds. The Morgan fingerprint density at radius 1 is 1.20 bits per heavy atom. The first kappa shape index (κ1) is 12.7. The number of hydrogen-bond acceptors (Lipinski definition) is 4. The Morgan fingerprint density at radius 2 is 2.00 bits per heavy atom. The van der Waals surface area contributed by atoms with E-state index < -0.39 is 11.7 Å². The summed E-state index contributed by atoms with van der Waals surface area (Å²) in [7, 11) is 0. The van der Waals surface area contributed by atoms with Gasteiger partial charge in [-0.25, -0.2) is 4.39 Å². The van der Waals surface area contributed by atoms with Crippen molar-refractivity contribution in [2.45, 2.75) is 6.92 Å². The van der Waals surface area contributed by atoms with Crippen molar-refractivity contribution in [1.82, 2.24) is 8.75 Å². The van der Waals surface area contributed by atoms with Crippen molar-refractivity contribution in [3.63, 3.8) is 0 Å². The average Bonchev–Trinajstić information content (AvgIpc) is 2.91. The average molecular weight is 287 g/mol. The quantitative estimate of drug-likeness (QED) is 0.786. The number of amides is 1. The SMILES string of the molecule is Cc1ccc2nsnc2c1NC(=O)c1ccccc1F. The summed E-state index contributed by atoms with van der Waals surface area (Å²) in [5, 5.41) is 2.72. The van der Waals surface area contributed by atoms with Crippen LogP contribution in [-0.2, 0) is 0 Å². The first-order chi connectivity index (χ1) is 9.66. The molecule has 100 valence electrons. The lowest BCUT2D eigenvalue weighted by atomic mass is 10.1. The van der Waals surface area contributed by atoms with Gasteiger partial charge in [-0.1, -0.05) is 18.2 Å². The van der Waals surface area contributed by atoms with Gasteiger partial charge < -0.3 is 5.32 Å². The van der Waals surface area contributed by atoms with Gasteiger partial charge in [0.05, 0.1) is 23.0 Å². The van der Waals surface area contributed by atoms with Gasteiger partial charge in [0.1, 0.15) is 16.9 Å². The number of aromatic nitrogens is 2. The number of hydrogen-bond donors (Lipinski definition) is 1. The van der Waals surface area contributed by atoms with E-state index in [1.54, 1.807) is 12.1 Å². The van der Waals surface area contributed by atoms with E-state index >= 15 is 0 Å². The molecule has 0 atom stereocenters. The molecule has 0 spiro atoms. The number of carbonyl (C=O) groups is 1. The molecule has 0 bridgehead atoms. The molecule has 0 unspecified atom stereocenters. The lowest BCUT2D eigenvalue weighted by Crippen LogP contribution is -2.14. The van der Waals surface area contributed by atoms with Crippen LogP contribution in [0.3, 0.4) is 0 Å². The number of anilines is 1. The van der Waals surface area contributed by atoms with E-state index in [0.717, 1.165) is 17.3 Å². The fourth-order valence-electron chi connectivity index (χ4n) is 1.94. The van der Waals surface area contributed by atoms with Crippen LogP contribution < -0.4 is 5.32 Å². The van der Waals surface area contributed by atoms with Crippen LogP contribution in [-0.4, -0.2) is 14.7 Å². The highest BCUT2D eigenvalue weighted by atomic mass is 32.1. The van der Waals surface area contributed by atoms with Crippen LogP contribution in [0, 0.1) is 12.7 Å². The van der Waals surface area contributed by atoms with E-state index in [-0.39, 0.29) is 5.56 Å². The minimum atomic E-state index is -0.550. The number of fused-ring (bicyclic) bond motifs is 1. The largest absolute Gasteiger partial charge is 0.320 e. The summed E-state index contributed by atoms with van der Waals surface area (Å²) in [5.41, 5.74) is 2.77. The smallest absolute Gasteiger partial charge is 0.258 e. The lowest BCUT2D eigenvalue weighted by Gasteiger charge is -2.09. The predicted molar refractivity (Wildman–Crippen MR) is 76.5 cm³/mol. The predicted octanol–water partition coefficient (Wildman–Crippen LogP) is 3.39. The molecule has 0 saturated heterocycles. The summed E-state index contributed by atoms with van der Waals surface area (Å²) in [6, 6.07) is 9.55. The van der Waals surface area contributed by atoms with Crippen molar-refractivity contribution in [3.8, 4) is 0 Å². The van der Waals surface area contributed by atoms with Crippen molar-refractivity contribution in [3.05, 3.63) is 53.3 Å². The van der Waals surface area contributed by atoms with Crippen LogP contribution >= 0.6 is 11.7 Å².